The van der Waals surface area contributed by atoms with Crippen LogP contribution in [0, 0.1) is 6.92 Å². The first kappa shape index (κ1) is 13.2. The number of fused-ring (bicyclic) bond motifs is 3. The van der Waals surface area contributed by atoms with Crippen molar-refractivity contribution in [3.63, 3.8) is 0 Å². The molecule has 0 unspecified atom stereocenters. The molecular weight excluding hydrogens is 270 g/mol. The second-order valence-electron chi connectivity index (χ2n) is 5.89. The zero-order chi connectivity index (χ0) is 15.1. The molecule has 1 aliphatic carbocycles. The Kier molecular flexibility index (Phi) is 3.04. The van der Waals surface area contributed by atoms with Crippen molar-refractivity contribution < 1.29 is 4.42 Å². The first-order valence-electron chi connectivity index (χ1n) is 7.76. The van der Waals surface area contributed by atoms with E-state index >= 15 is 0 Å². The lowest BCUT2D eigenvalue weighted by Crippen LogP contribution is -2.17. The van der Waals surface area contributed by atoms with Crippen molar-refractivity contribution in [2.75, 3.05) is 11.9 Å². The monoisotopic (exact) mass is 289 g/mol. The maximum atomic E-state index is 6.24. The summed E-state index contributed by atoms with van der Waals surface area (Å²) in [4.78, 5) is 2.25. The van der Waals surface area contributed by atoms with E-state index in [0.717, 1.165) is 29.7 Å². The normalized spacial score (nSPS) is 14.5. The molecule has 0 aliphatic heterocycles. The Morgan fingerprint density at radius 2 is 1.77 bits per heavy atom. The maximum absolute atomic E-state index is 6.24. The molecule has 0 N–H and O–H groups in total. The van der Waals surface area contributed by atoms with Crippen molar-refractivity contribution in [1.82, 2.24) is 0 Å². The zero-order valence-electron chi connectivity index (χ0n) is 13.0. The van der Waals surface area contributed by atoms with Crippen LogP contribution in [0.25, 0.3) is 21.9 Å². The van der Waals surface area contributed by atoms with Crippen LogP contribution in [-0.2, 0) is 0 Å². The first-order chi connectivity index (χ1) is 10.8. The number of hydrogen-bond donors (Lipinski definition) is 0. The van der Waals surface area contributed by atoms with Gasteiger partial charge in [0, 0.05) is 23.5 Å². The number of nitrogens with zero attached hydrogens (tertiary/aromatic N) is 1. The lowest BCUT2D eigenvalue weighted by molar-refractivity contribution is 0.664. The van der Waals surface area contributed by atoms with Gasteiger partial charge in [-0.15, -0.1) is 0 Å². The highest BCUT2D eigenvalue weighted by Crippen LogP contribution is 2.37. The fraction of sp³-hybridized carbons (Fsp3) is 0.200. The van der Waals surface area contributed by atoms with Crippen LogP contribution in [0.3, 0.4) is 0 Å². The van der Waals surface area contributed by atoms with Crippen LogP contribution >= 0.6 is 0 Å². The summed E-state index contributed by atoms with van der Waals surface area (Å²) in [6.07, 6.45) is 8.71. The Labute approximate surface area is 130 Å². The molecule has 0 fully saturated rings. The minimum atomic E-state index is 0.977. The van der Waals surface area contributed by atoms with E-state index < -0.39 is 0 Å². The molecule has 0 saturated heterocycles. The molecule has 0 saturated carbocycles. The van der Waals surface area contributed by atoms with Gasteiger partial charge in [0.05, 0.1) is 5.69 Å². The highest BCUT2D eigenvalue weighted by atomic mass is 16.3. The number of anilines is 1. The van der Waals surface area contributed by atoms with Gasteiger partial charge in [0.15, 0.2) is 5.58 Å². The van der Waals surface area contributed by atoms with Crippen LogP contribution < -0.4 is 4.90 Å². The fourth-order valence-corrected chi connectivity index (χ4v) is 3.23. The summed E-state index contributed by atoms with van der Waals surface area (Å²) in [5.74, 6) is 0. The van der Waals surface area contributed by atoms with Crippen molar-refractivity contribution in [2.45, 2.75) is 19.8 Å². The highest BCUT2D eigenvalue weighted by molar-refractivity contribution is 6.09. The van der Waals surface area contributed by atoms with Crippen LogP contribution in [0.1, 0.15) is 18.4 Å². The third-order valence-corrected chi connectivity index (χ3v) is 4.48. The van der Waals surface area contributed by atoms with E-state index in [2.05, 4.69) is 73.5 Å². The SMILES string of the molecule is Cc1cccc2c1oc1c(N(C)C3=CC=CCC3)cccc12. The molecule has 0 bridgehead atoms. The Morgan fingerprint density at radius 1 is 1.00 bits per heavy atom. The Morgan fingerprint density at radius 3 is 2.55 bits per heavy atom. The highest BCUT2D eigenvalue weighted by Gasteiger charge is 2.16. The van der Waals surface area contributed by atoms with Gasteiger partial charge in [0.1, 0.15) is 5.58 Å². The Hall–Kier alpha value is -2.48. The minimum absolute atomic E-state index is 0.977. The molecule has 0 radical (unpaired) electrons. The average Bonchev–Trinajstić information content (AvgIpc) is 2.95. The van der Waals surface area contributed by atoms with Crippen molar-refractivity contribution in [2.24, 2.45) is 0 Å². The van der Waals surface area contributed by atoms with Gasteiger partial charge in [0.2, 0.25) is 0 Å². The summed E-state index contributed by atoms with van der Waals surface area (Å²) in [7, 11) is 2.12. The van der Waals surface area contributed by atoms with Gasteiger partial charge in [-0.25, -0.2) is 0 Å². The number of rotatable bonds is 2. The number of para-hydroxylation sites is 2. The fourth-order valence-electron chi connectivity index (χ4n) is 3.23. The third-order valence-electron chi connectivity index (χ3n) is 4.48. The van der Waals surface area contributed by atoms with Crippen LogP contribution in [-0.4, -0.2) is 7.05 Å². The average molecular weight is 289 g/mol. The molecule has 22 heavy (non-hydrogen) atoms. The molecule has 1 aromatic heterocycles. The second kappa shape index (κ2) is 5.06. The molecule has 2 heteroatoms. The molecule has 0 atom stereocenters. The lowest BCUT2D eigenvalue weighted by atomic mass is 10.1. The van der Waals surface area contributed by atoms with E-state index in [1.807, 2.05) is 0 Å². The molecular formula is C20H19NO. The number of hydrogen-bond acceptors (Lipinski definition) is 2. The number of allylic oxidation sites excluding steroid dienone is 4. The summed E-state index contributed by atoms with van der Waals surface area (Å²) in [5, 5.41) is 2.39. The van der Waals surface area contributed by atoms with Gasteiger partial charge in [-0.2, -0.15) is 0 Å². The first-order valence-corrected chi connectivity index (χ1v) is 7.76. The predicted molar refractivity (Wildman–Crippen MR) is 93.3 cm³/mol. The molecule has 1 aliphatic rings. The molecule has 2 nitrogen and oxygen atoms in total. The summed E-state index contributed by atoms with van der Waals surface area (Å²) >= 11 is 0. The van der Waals surface area contributed by atoms with Gasteiger partial charge >= 0.3 is 0 Å². The second-order valence-corrected chi connectivity index (χ2v) is 5.89. The predicted octanol–water partition coefficient (Wildman–Crippen LogP) is 5.56. The molecule has 110 valence electrons. The number of aryl methyl sites for hydroxylation is 1. The van der Waals surface area contributed by atoms with Gasteiger partial charge in [-0.1, -0.05) is 42.5 Å². The van der Waals surface area contributed by atoms with Crippen molar-refractivity contribution >= 4 is 27.6 Å². The van der Waals surface area contributed by atoms with Gasteiger partial charge in [-0.05, 0) is 37.5 Å². The Bertz CT molecular complexity index is 914. The summed E-state index contributed by atoms with van der Waals surface area (Å²) < 4.78 is 6.24. The van der Waals surface area contributed by atoms with Crippen molar-refractivity contribution in [1.29, 1.82) is 0 Å². The molecule has 0 spiro atoms. The maximum Gasteiger partial charge on any atom is 0.159 e. The third kappa shape index (κ3) is 1.95. The van der Waals surface area contributed by atoms with Gasteiger partial charge in [0.25, 0.3) is 0 Å². The van der Waals surface area contributed by atoms with E-state index in [1.54, 1.807) is 0 Å². The smallest absolute Gasteiger partial charge is 0.159 e. The lowest BCUT2D eigenvalue weighted by Gasteiger charge is -2.23. The van der Waals surface area contributed by atoms with Crippen LogP contribution in [0.4, 0.5) is 5.69 Å². The molecule has 4 rings (SSSR count). The van der Waals surface area contributed by atoms with Crippen LogP contribution in [0.5, 0.6) is 0 Å². The van der Waals surface area contributed by atoms with Crippen molar-refractivity contribution in [3.8, 4) is 0 Å². The number of furan rings is 1. The standard InChI is InChI=1S/C20H19NO/c1-14-8-6-11-16-17-12-7-13-18(20(17)22-19(14)16)21(2)15-9-4-3-5-10-15/h3-4,6-9,11-13H,5,10H2,1-2H3. The Balaban J connectivity index is 1.95. The van der Waals surface area contributed by atoms with E-state index in [1.165, 1.54) is 22.0 Å². The van der Waals surface area contributed by atoms with Gasteiger partial charge in [-0.3, -0.25) is 0 Å². The molecule has 2 aromatic carbocycles. The minimum Gasteiger partial charge on any atom is -0.454 e. The number of benzene rings is 2. The summed E-state index contributed by atoms with van der Waals surface area (Å²) in [6, 6.07) is 12.7. The van der Waals surface area contributed by atoms with Crippen LogP contribution in [0.15, 0.2) is 64.7 Å². The summed E-state index contributed by atoms with van der Waals surface area (Å²) in [5.41, 5.74) is 5.62. The zero-order valence-corrected chi connectivity index (χ0v) is 13.0. The quantitative estimate of drug-likeness (QED) is 0.613. The van der Waals surface area contributed by atoms with E-state index in [4.69, 9.17) is 4.42 Å². The van der Waals surface area contributed by atoms with E-state index in [-0.39, 0.29) is 0 Å². The van der Waals surface area contributed by atoms with Crippen molar-refractivity contribution in [3.05, 3.63) is 65.9 Å². The summed E-state index contributed by atoms with van der Waals surface area (Å²) in [6.45, 7) is 2.10. The molecule has 1 heterocycles. The molecule has 0 amide bonds. The van der Waals surface area contributed by atoms with E-state index in [0.29, 0.717) is 0 Å². The topological polar surface area (TPSA) is 16.4 Å². The largest absolute Gasteiger partial charge is 0.454 e. The van der Waals surface area contributed by atoms with E-state index in [9.17, 15) is 0 Å². The van der Waals surface area contributed by atoms with Crippen LogP contribution in [0.2, 0.25) is 0 Å². The molecule has 3 aromatic rings. The van der Waals surface area contributed by atoms with Gasteiger partial charge < -0.3 is 9.32 Å².